The lowest BCUT2D eigenvalue weighted by Gasteiger charge is -2.42. The first-order valence-electron chi connectivity index (χ1n) is 37.7. The van der Waals surface area contributed by atoms with Crippen molar-refractivity contribution in [2.24, 2.45) is 23.3 Å². The third kappa shape index (κ3) is 26.0. The quantitative estimate of drug-likeness (QED) is 0.0303. The van der Waals surface area contributed by atoms with Crippen molar-refractivity contribution in [2.45, 2.75) is 209 Å². The Morgan fingerprint density at radius 1 is 0.596 bits per heavy atom. The first kappa shape index (κ1) is 88.6. The number of hydrogen-bond acceptors (Lipinski definition) is 21. The van der Waals surface area contributed by atoms with E-state index in [0.717, 1.165) is 4.68 Å². The average molecular weight is 1600 g/mol. The van der Waals surface area contributed by atoms with Crippen LogP contribution in [0.3, 0.4) is 0 Å². The molecule has 0 bridgehead atoms. The number of nitrogens with zero attached hydrogens (tertiary/aromatic N) is 4. The summed E-state index contributed by atoms with van der Waals surface area (Å²) < 4.78 is 52.6. The van der Waals surface area contributed by atoms with Gasteiger partial charge in [0.05, 0.1) is 25.5 Å². The van der Waals surface area contributed by atoms with Gasteiger partial charge < -0.3 is 99.4 Å². The minimum Gasteiger partial charge on any atom is -0.508 e. The Balaban J connectivity index is 1.21. The Kier molecular flexibility index (Phi) is 32.8. The van der Waals surface area contributed by atoms with Crippen LogP contribution in [-0.4, -0.2) is 235 Å². The summed E-state index contributed by atoms with van der Waals surface area (Å²) >= 11 is 0. The number of rotatable bonds is 25. The molecule has 0 unspecified atom stereocenters. The normalized spacial score (nSPS) is 25.8. The zero-order valence-electron chi connectivity index (χ0n) is 63.5. The molecule has 37 heteroatoms. The molecule has 3 aliphatic rings. The molecule has 15 atom stereocenters. The van der Waals surface area contributed by atoms with Crippen molar-refractivity contribution in [3.63, 3.8) is 0 Å². The van der Waals surface area contributed by atoms with Gasteiger partial charge in [-0.2, -0.15) is 13.2 Å². The van der Waals surface area contributed by atoms with Crippen molar-refractivity contribution in [2.75, 3.05) is 26.3 Å². The second kappa shape index (κ2) is 42.2. The molecule has 0 radical (unpaired) electrons. The van der Waals surface area contributed by atoms with Gasteiger partial charge in [-0.3, -0.25) is 57.5 Å². The molecule has 3 aliphatic heterocycles. The number of ether oxygens (including phenoxy) is 2. The summed E-state index contributed by atoms with van der Waals surface area (Å²) in [5, 5.41) is 75.7. The molecule has 1 aromatic heterocycles. The summed E-state index contributed by atoms with van der Waals surface area (Å²) in [5.74, 6) is -13.9. The van der Waals surface area contributed by atoms with Crippen LogP contribution >= 0.6 is 0 Å². The molecule has 5 aromatic rings. The highest BCUT2D eigenvalue weighted by molar-refractivity contribution is 6.00. The minimum absolute atomic E-state index is 0.0223. The van der Waals surface area contributed by atoms with Crippen LogP contribution in [0.4, 0.5) is 13.2 Å². The number of alkyl halides is 3. The van der Waals surface area contributed by atoms with E-state index in [0.29, 0.717) is 28.7 Å². The third-order valence-corrected chi connectivity index (χ3v) is 19.5. The first-order chi connectivity index (χ1) is 54.3. The number of carbonyl (C=O) groups is 12. The van der Waals surface area contributed by atoms with Gasteiger partial charge in [0, 0.05) is 51.3 Å². The number of phenolic OH excluding ortho intramolecular Hbond substituents is 1. The van der Waals surface area contributed by atoms with Gasteiger partial charge in [0.1, 0.15) is 90.5 Å². The molecule has 4 aromatic carbocycles. The molecule has 114 heavy (non-hydrogen) atoms. The molecule has 0 spiro atoms. The smallest absolute Gasteiger partial charge is 0.471 e. The molecular formula is C77H101F3N16O18. The number of nitrogens with two attached hydrogens (primary N) is 2. The maximum Gasteiger partial charge on any atom is 0.471 e. The highest BCUT2D eigenvalue weighted by atomic mass is 19.4. The van der Waals surface area contributed by atoms with Crippen LogP contribution in [0.1, 0.15) is 101 Å². The number of amides is 12. The van der Waals surface area contributed by atoms with Gasteiger partial charge in [-0.25, -0.2) is 4.68 Å². The lowest BCUT2D eigenvalue weighted by atomic mass is 9.97. The van der Waals surface area contributed by atoms with Crippen LogP contribution in [0.5, 0.6) is 5.75 Å². The molecule has 4 heterocycles. The maximum atomic E-state index is 15.4. The van der Waals surface area contributed by atoms with Crippen molar-refractivity contribution >= 4 is 70.9 Å². The molecule has 618 valence electrons. The number of halogens is 3. The Morgan fingerprint density at radius 3 is 1.56 bits per heavy atom. The largest absolute Gasteiger partial charge is 0.508 e. The predicted molar refractivity (Wildman–Crippen MR) is 401 cm³/mol. The van der Waals surface area contributed by atoms with Gasteiger partial charge in [0.2, 0.25) is 65.0 Å². The number of aliphatic hydroxyl groups excluding tert-OH is 3. The molecule has 0 aliphatic carbocycles. The van der Waals surface area contributed by atoms with E-state index in [1.54, 1.807) is 119 Å². The van der Waals surface area contributed by atoms with Crippen LogP contribution in [0.15, 0.2) is 121 Å². The number of aromatic nitrogens is 3. The standard InChI is InChI=1S/C77H101F3N16O18/c1-42(2)34-52-67(104)90-57(38-46-20-12-7-13-21-46)74(111)96-31-15-23-58(96)72(109)89-54(36-45-18-10-6-11-19-45)69(106)87-53(35-44-16-8-5-9-17-44)68(105)88-56(39-48-40-95(94-93-48)32-33-113-75-62(92-76(112)77(78,79)80)64(101)63(100)59(41-97)114-75)70(107)83-51(28-29-60(82)99)66(103)86-55(37-47-24-26-49(98)27-25-47)71(108)91-61(43(3)4)73(110)84-50(22-14-30-81)65(102)85-52/h5-13,16-21,24-27,40,42-43,50-59,61-64,75,97-98,100-101H,14-15,22-23,28-39,41,81H2,1-4H3,(H2,82,99)(H,83,107)(H,84,110)(H,85,102)(H,86,103)(H,87,106)(H,88,105)(H,89,109)(H,90,104)(H,91,108)(H,92,112)/t50-,51-,52-,53+,54-,55-,56-,57+,58-,59+,61-,62+,63-,64+,75+/m0/s1. The number of aliphatic hydroxyl groups is 3. The van der Waals surface area contributed by atoms with E-state index < -0.39 is 207 Å². The summed E-state index contributed by atoms with van der Waals surface area (Å²) in [4.78, 5) is 177. The highest BCUT2D eigenvalue weighted by Crippen LogP contribution is 2.26. The zero-order chi connectivity index (χ0) is 82.9. The van der Waals surface area contributed by atoms with E-state index in [1.165, 1.54) is 40.7 Å². The molecule has 18 N–H and O–H groups in total. The van der Waals surface area contributed by atoms with Crippen LogP contribution in [-0.2, 0) is 106 Å². The van der Waals surface area contributed by atoms with E-state index in [2.05, 4.69) is 58.2 Å². The molecule has 0 saturated carbocycles. The van der Waals surface area contributed by atoms with Crippen LogP contribution in [0.2, 0.25) is 0 Å². The number of carbonyl (C=O) groups excluding carboxylic acids is 12. The number of phenols is 1. The molecular weight excluding hydrogens is 1490 g/mol. The van der Waals surface area contributed by atoms with E-state index in [9.17, 15) is 62.4 Å². The van der Waals surface area contributed by atoms with E-state index >= 15 is 28.8 Å². The number of aromatic hydroxyl groups is 1. The molecule has 12 amide bonds. The minimum atomic E-state index is -5.45. The Hall–Kier alpha value is -11.0. The fourth-order valence-electron chi connectivity index (χ4n) is 13.4. The average Bonchev–Trinajstić information content (AvgIpc) is 0.997. The number of primary amides is 1. The Bertz CT molecular complexity index is 4090. The first-order valence-corrected chi connectivity index (χ1v) is 37.7. The van der Waals surface area contributed by atoms with E-state index in [1.807, 2.05) is 0 Å². The second-order valence-electron chi connectivity index (χ2n) is 29.2. The fraction of sp³-hybridized carbons (Fsp3) is 0.506. The number of benzene rings is 4. The van der Waals surface area contributed by atoms with Gasteiger partial charge >= 0.3 is 12.1 Å². The molecule has 8 rings (SSSR count). The summed E-state index contributed by atoms with van der Waals surface area (Å²) in [6.07, 6.45) is -14.1. The SMILES string of the molecule is CC(C)C[C@@H]1NC(=O)[C@H](CCCN)NC(=O)[C@H](C(C)C)NC(=O)[C@H](Cc2ccc(O)cc2)NC(=O)[C@H](CCC(N)=O)NC(=O)[C@H](Cc2cn(CCO[C@@H]3O[C@H](CO)[C@H](O)[C@H](O)[C@H]3NC(=O)C(F)(F)F)nn2)NC(=O)[C@@H](Cc2ccccc2)NC(=O)[C@H](Cc2ccccc2)NC(=O)[C@@H]2CCCN2C(=O)[C@@H](Cc2ccccc2)NC1=O. The van der Waals surface area contributed by atoms with Crippen molar-refractivity contribution in [1.82, 2.24) is 73.1 Å². The second-order valence-corrected chi connectivity index (χ2v) is 29.2. The highest BCUT2D eigenvalue weighted by Gasteiger charge is 2.50. The summed E-state index contributed by atoms with van der Waals surface area (Å²) in [6, 6.07) is 13.6. The molecule has 3 saturated heterocycles. The Morgan fingerprint density at radius 2 is 1.05 bits per heavy atom. The lowest BCUT2D eigenvalue weighted by molar-refractivity contribution is -0.272. The number of fused-ring (bicyclic) bond motifs is 1. The summed E-state index contributed by atoms with van der Waals surface area (Å²) in [6.45, 7) is 5.00. The predicted octanol–water partition coefficient (Wildman–Crippen LogP) is -1.93. The fourth-order valence-corrected chi connectivity index (χ4v) is 13.4. The van der Waals surface area contributed by atoms with Crippen molar-refractivity contribution < 1.29 is 101 Å². The lowest BCUT2D eigenvalue weighted by Crippen LogP contribution is -2.65. The van der Waals surface area contributed by atoms with Gasteiger partial charge in [0.15, 0.2) is 6.29 Å². The molecule has 34 nitrogen and oxygen atoms in total. The van der Waals surface area contributed by atoms with Gasteiger partial charge in [-0.05, 0) is 91.3 Å². The monoisotopic (exact) mass is 1590 g/mol. The molecule has 3 fully saturated rings. The third-order valence-electron chi connectivity index (χ3n) is 19.5. The Labute approximate surface area is 655 Å². The van der Waals surface area contributed by atoms with Crippen molar-refractivity contribution in [3.8, 4) is 5.75 Å². The number of hydrogen-bond donors (Lipinski definition) is 16. The van der Waals surface area contributed by atoms with Crippen LogP contribution in [0, 0.1) is 11.8 Å². The van der Waals surface area contributed by atoms with Crippen LogP contribution in [0.25, 0.3) is 0 Å². The summed E-state index contributed by atoms with van der Waals surface area (Å²) in [7, 11) is 0. The number of nitrogens with one attached hydrogen (secondary N) is 10. The van der Waals surface area contributed by atoms with Crippen molar-refractivity contribution in [1.29, 1.82) is 0 Å². The van der Waals surface area contributed by atoms with Crippen LogP contribution < -0.4 is 64.6 Å². The topological polar surface area (TPSA) is 511 Å². The van der Waals surface area contributed by atoms with Crippen molar-refractivity contribution in [3.05, 3.63) is 149 Å². The van der Waals surface area contributed by atoms with E-state index in [-0.39, 0.29) is 88.4 Å². The van der Waals surface area contributed by atoms with E-state index in [4.69, 9.17) is 20.9 Å². The summed E-state index contributed by atoms with van der Waals surface area (Å²) in [5.41, 5.74) is 13.5. The van der Waals surface area contributed by atoms with Gasteiger partial charge in [0.25, 0.3) is 0 Å². The van der Waals surface area contributed by atoms with Gasteiger partial charge in [-0.15, -0.1) is 5.10 Å². The van der Waals surface area contributed by atoms with Gasteiger partial charge in [-0.1, -0.05) is 136 Å². The maximum absolute atomic E-state index is 15.4. The zero-order valence-corrected chi connectivity index (χ0v) is 63.5.